The van der Waals surface area contributed by atoms with Crippen molar-refractivity contribution in [1.29, 1.82) is 0 Å². The van der Waals surface area contributed by atoms with E-state index in [1.165, 1.54) is 30.5 Å². The molecule has 98 valence electrons. The molecule has 1 aromatic heterocycles. The summed E-state index contributed by atoms with van der Waals surface area (Å²) in [7, 11) is 0. The van der Waals surface area contributed by atoms with Crippen molar-refractivity contribution >= 4 is 40.7 Å². The Morgan fingerprint density at radius 1 is 1.21 bits per heavy atom. The maximum absolute atomic E-state index is 13.3. The van der Waals surface area contributed by atoms with Gasteiger partial charge in [-0.15, -0.1) is 0 Å². The van der Waals surface area contributed by atoms with Crippen molar-refractivity contribution in [1.82, 2.24) is 4.98 Å². The van der Waals surface area contributed by atoms with Crippen molar-refractivity contribution in [2.75, 3.05) is 10.6 Å². The van der Waals surface area contributed by atoms with Gasteiger partial charge in [0.1, 0.15) is 5.82 Å². The third-order valence-corrected chi connectivity index (χ3v) is 2.66. The van der Waals surface area contributed by atoms with Crippen LogP contribution in [0.1, 0.15) is 0 Å². The first-order valence-electron chi connectivity index (χ1n) is 5.20. The van der Waals surface area contributed by atoms with Gasteiger partial charge in [-0.05, 0) is 18.2 Å². The smallest absolute Gasteiger partial charge is 0.305 e. The zero-order valence-electron chi connectivity index (χ0n) is 9.45. The molecule has 0 fully saturated rings. The first-order chi connectivity index (χ1) is 9.06. The molecular weight excluding hydrogens is 292 g/mol. The van der Waals surface area contributed by atoms with Crippen molar-refractivity contribution in [3.8, 4) is 0 Å². The minimum absolute atomic E-state index is 0.0603. The molecule has 0 saturated heterocycles. The number of urea groups is 1. The lowest BCUT2D eigenvalue weighted by molar-refractivity contribution is 0.262. The first kappa shape index (κ1) is 13.6. The molecule has 2 N–H and O–H groups in total. The molecule has 0 unspecified atom stereocenters. The summed E-state index contributed by atoms with van der Waals surface area (Å²) in [4.78, 5) is 15.5. The Morgan fingerprint density at radius 3 is 2.63 bits per heavy atom. The summed E-state index contributed by atoms with van der Waals surface area (Å²) in [5.74, 6) is -0.396. The number of para-hydroxylation sites is 1. The number of hydrogen-bond donors (Lipinski definition) is 2. The molecule has 0 atom stereocenters. The summed E-state index contributed by atoms with van der Waals surface area (Å²) in [6.45, 7) is 0. The number of benzene rings is 1. The van der Waals surface area contributed by atoms with Gasteiger partial charge >= 0.3 is 6.03 Å². The molecule has 2 amide bonds. The van der Waals surface area contributed by atoms with Crippen LogP contribution in [0.4, 0.5) is 20.7 Å². The number of halogens is 3. The van der Waals surface area contributed by atoms with E-state index in [4.69, 9.17) is 23.2 Å². The average Bonchev–Trinajstić information content (AvgIpc) is 2.36. The highest BCUT2D eigenvalue weighted by molar-refractivity contribution is 6.36. The fourth-order valence-electron chi connectivity index (χ4n) is 1.33. The normalized spacial score (nSPS) is 10.1. The van der Waals surface area contributed by atoms with Crippen LogP contribution in [0.15, 0.2) is 36.5 Å². The number of anilines is 2. The van der Waals surface area contributed by atoms with Crippen molar-refractivity contribution < 1.29 is 9.18 Å². The molecule has 19 heavy (non-hydrogen) atoms. The molecule has 4 nitrogen and oxygen atoms in total. The van der Waals surface area contributed by atoms with Crippen LogP contribution in [0.3, 0.4) is 0 Å². The number of rotatable bonds is 2. The first-order valence-corrected chi connectivity index (χ1v) is 5.95. The number of nitrogens with zero attached hydrogens (tertiary/aromatic N) is 1. The standard InChI is InChI=1S/C12H8Cl2FN3O/c13-7-5-8(14)11(16-6-7)18-12(19)17-10-4-2-1-3-9(10)15/h1-6H,(H2,16,17,18,19). The molecule has 0 aliphatic rings. The summed E-state index contributed by atoms with van der Waals surface area (Å²) in [6, 6.07) is 6.59. The Bertz CT molecular complexity index is 622. The lowest BCUT2D eigenvalue weighted by atomic mass is 10.3. The van der Waals surface area contributed by atoms with Gasteiger partial charge in [0.2, 0.25) is 0 Å². The molecular formula is C12H8Cl2FN3O. The Kier molecular flexibility index (Phi) is 4.19. The number of aromatic nitrogens is 1. The molecule has 0 bridgehead atoms. The van der Waals surface area contributed by atoms with Crippen molar-refractivity contribution in [3.05, 3.63) is 52.4 Å². The van der Waals surface area contributed by atoms with Crippen molar-refractivity contribution in [3.63, 3.8) is 0 Å². The summed E-state index contributed by atoms with van der Waals surface area (Å²) in [5, 5.41) is 5.28. The lowest BCUT2D eigenvalue weighted by Crippen LogP contribution is -2.20. The van der Waals surface area contributed by atoms with E-state index >= 15 is 0 Å². The molecule has 0 saturated carbocycles. The number of pyridine rings is 1. The molecule has 0 radical (unpaired) electrons. The highest BCUT2D eigenvalue weighted by Gasteiger charge is 2.09. The summed E-state index contributed by atoms with van der Waals surface area (Å²) in [5.41, 5.74) is 0.0603. The summed E-state index contributed by atoms with van der Waals surface area (Å²) >= 11 is 11.5. The van der Waals surface area contributed by atoms with Crippen LogP contribution in [0, 0.1) is 5.82 Å². The predicted molar refractivity (Wildman–Crippen MR) is 73.3 cm³/mol. The average molecular weight is 300 g/mol. The third-order valence-electron chi connectivity index (χ3n) is 2.16. The maximum Gasteiger partial charge on any atom is 0.324 e. The number of amides is 2. The molecule has 2 aromatic rings. The minimum Gasteiger partial charge on any atom is -0.305 e. The van der Waals surface area contributed by atoms with Gasteiger partial charge in [0, 0.05) is 6.20 Å². The van der Waals surface area contributed by atoms with E-state index in [0.717, 1.165) is 0 Å². The third kappa shape index (κ3) is 3.56. The Labute approximate surface area is 118 Å². The molecule has 0 aliphatic carbocycles. The molecule has 1 aromatic carbocycles. The molecule has 1 heterocycles. The molecule has 0 spiro atoms. The van der Waals surface area contributed by atoms with Crippen LogP contribution in [0.2, 0.25) is 10.0 Å². The van der Waals surface area contributed by atoms with Crippen molar-refractivity contribution in [2.45, 2.75) is 0 Å². The van der Waals surface area contributed by atoms with Gasteiger partial charge in [-0.2, -0.15) is 0 Å². The highest BCUT2D eigenvalue weighted by Crippen LogP contribution is 2.22. The van der Waals surface area contributed by atoms with Crippen LogP contribution in [0.5, 0.6) is 0 Å². The SMILES string of the molecule is O=C(Nc1ccccc1F)Nc1ncc(Cl)cc1Cl. The summed E-state index contributed by atoms with van der Waals surface area (Å²) < 4.78 is 13.3. The lowest BCUT2D eigenvalue weighted by Gasteiger charge is -2.08. The van der Waals surface area contributed by atoms with Crippen molar-refractivity contribution in [2.24, 2.45) is 0 Å². The van der Waals surface area contributed by atoms with Crippen LogP contribution in [0.25, 0.3) is 0 Å². The second kappa shape index (κ2) is 5.86. The fourth-order valence-corrected chi connectivity index (χ4v) is 1.76. The predicted octanol–water partition coefficient (Wildman–Crippen LogP) is 4.17. The molecule has 0 aliphatic heterocycles. The van der Waals surface area contributed by atoms with Gasteiger partial charge in [0.15, 0.2) is 5.82 Å². The second-order valence-electron chi connectivity index (χ2n) is 3.54. The quantitative estimate of drug-likeness (QED) is 0.874. The Hall–Kier alpha value is -1.85. The van der Waals surface area contributed by atoms with Gasteiger partial charge in [0.05, 0.1) is 15.7 Å². The van der Waals surface area contributed by atoms with Gasteiger partial charge < -0.3 is 5.32 Å². The number of hydrogen-bond acceptors (Lipinski definition) is 2. The zero-order chi connectivity index (χ0) is 13.8. The topological polar surface area (TPSA) is 54.0 Å². The van der Waals surface area contributed by atoms with E-state index < -0.39 is 11.8 Å². The largest absolute Gasteiger partial charge is 0.324 e. The monoisotopic (exact) mass is 299 g/mol. The van der Waals surface area contributed by atoms with E-state index in [1.807, 2.05) is 0 Å². The van der Waals surface area contributed by atoms with E-state index in [2.05, 4.69) is 15.6 Å². The van der Waals surface area contributed by atoms with Gasteiger partial charge in [-0.1, -0.05) is 35.3 Å². The molecule has 2 rings (SSSR count). The van der Waals surface area contributed by atoms with Crippen LogP contribution < -0.4 is 10.6 Å². The molecule has 7 heteroatoms. The zero-order valence-corrected chi connectivity index (χ0v) is 11.0. The van der Waals surface area contributed by atoms with E-state index in [9.17, 15) is 9.18 Å². The highest BCUT2D eigenvalue weighted by atomic mass is 35.5. The Balaban J connectivity index is 2.08. The van der Waals surface area contributed by atoms with E-state index in [0.29, 0.717) is 5.02 Å². The van der Waals surface area contributed by atoms with Crippen LogP contribution in [-0.4, -0.2) is 11.0 Å². The van der Waals surface area contributed by atoms with Crippen LogP contribution in [-0.2, 0) is 0 Å². The van der Waals surface area contributed by atoms with E-state index in [-0.39, 0.29) is 16.5 Å². The van der Waals surface area contributed by atoms with Gasteiger partial charge in [-0.3, -0.25) is 5.32 Å². The van der Waals surface area contributed by atoms with Gasteiger partial charge in [0.25, 0.3) is 0 Å². The minimum atomic E-state index is -0.651. The van der Waals surface area contributed by atoms with Gasteiger partial charge in [-0.25, -0.2) is 14.2 Å². The number of carbonyl (C=O) groups is 1. The summed E-state index contributed by atoms with van der Waals surface area (Å²) in [6.07, 6.45) is 1.34. The second-order valence-corrected chi connectivity index (χ2v) is 4.39. The fraction of sp³-hybridized carbons (Fsp3) is 0. The Morgan fingerprint density at radius 2 is 1.95 bits per heavy atom. The number of nitrogens with one attached hydrogen (secondary N) is 2. The maximum atomic E-state index is 13.3. The van der Waals surface area contributed by atoms with E-state index in [1.54, 1.807) is 6.07 Å². The van der Waals surface area contributed by atoms with Crippen LogP contribution >= 0.6 is 23.2 Å². The number of carbonyl (C=O) groups excluding carboxylic acids is 1.